The number of halogens is 1. The quantitative estimate of drug-likeness (QED) is 0.714. The van der Waals surface area contributed by atoms with Crippen LogP contribution in [-0.2, 0) is 11.3 Å². The molecule has 0 bridgehead atoms. The van der Waals surface area contributed by atoms with E-state index in [1.165, 1.54) is 11.1 Å². The molecule has 0 radical (unpaired) electrons. The zero-order chi connectivity index (χ0) is 17.6. The van der Waals surface area contributed by atoms with Crippen molar-refractivity contribution in [1.82, 2.24) is 0 Å². The molecule has 1 amide bonds. The Kier molecular flexibility index (Phi) is 4.12. The van der Waals surface area contributed by atoms with Crippen molar-refractivity contribution < 1.29 is 4.79 Å². The molecule has 0 N–H and O–H groups in total. The first-order valence-electron chi connectivity index (χ1n) is 8.77. The highest BCUT2D eigenvalue weighted by Gasteiger charge is 2.36. The summed E-state index contributed by atoms with van der Waals surface area (Å²) in [5.74, 6) is 0.105. The van der Waals surface area contributed by atoms with Gasteiger partial charge in [0.1, 0.15) is 0 Å². The van der Waals surface area contributed by atoms with E-state index in [0.29, 0.717) is 11.6 Å². The van der Waals surface area contributed by atoms with Crippen LogP contribution in [0, 0.1) is 19.8 Å². The summed E-state index contributed by atoms with van der Waals surface area (Å²) in [5.41, 5.74) is 6.35. The molecule has 1 heterocycles. The molecule has 3 nitrogen and oxygen atoms in total. The summed E-state index contributed by atoms with van der Waals surface area (Å²) in [6, 6.07) is 11.9. The Morgan fingerprint density at radius 2 is 1.88 bits per heavy atom. The van der Waals surface area contributed by atoms with Crippen molar-refractivity contribution in [3.63, 3.8) is 0 Å². The Balaban J connectivity index is 1.81. The molecule has 2 aromatic carbocycles. The van der Waals surface area contributed by atoms with E-state index in [2.05, 4.69) is 26.0 Å². The summed E-state index contributed by atoms with van der Waals surface area (Å²) in [4.78, 5) is 20.1. The third-order valence-corrected chi connectivity index (χ3v) is 5.54. The molecule has 1 fully saturated rings. The highest BCUT2D eigenvalue weighted by Crippen LogP contribution is 2.40. The maximum absolute atomic E-state index is 13.3. The SMILES string of the molecule is Cc1cc2c(cc1C)N(Cc1ccc(Cl)cc1)C(=O)C1CCCC1=N2. The minimum atomic E-state index is -0.0692. The molecule has 1 unspecified atom stereocenters. The van der Waals surface area contributed by atoms with Crippen molar-refractivity contribution in [2.45, 2.75) is 39.7 Å². The summed E-state index contributed by atoms with van der Waals surface area (Å²) < 4.78 is 0. The van der Waals surface area contributed by atoms with Crippen LogP contribution in [0.3, 0.4) is 0 Å². The minimum Gasteiger partial charge on any atom is -0.305 e. The summed E-state index contributed by atoms with van der Waals surface area (Å²) in [6.07, 6.45) is 2.88. The number of aryl methyl sites for hydroxylation is 2. The first-order chi connectivity index (χ1) is 12.0. The summed E-state index contributed by atoms with van der Waals surface area (Å²) in [5, 5.41) is 0.708. The van der Waals surface area contributed by atoms with E-state index < -0.39 is 0 Å². The van der Waals surface area contributed by atoms with Crippen LogP contribution in [0.2, 0.25) is 5.02 Å². The molecule has 2 aliphatic rings. The normalized spacial score (nSPS) is 19.3. The summed E-state index contributed by atoms with van der Waals surface area (Å²) >= 11 is 6.00. The fraction of sp³-hybridized carbons (Fsp3) is 0.333. The molecule has 1 aliphatic heterocycles. The van der Waals surface area contributed by atoms with Crippen LogP contribution in [0.15, 0.2) is 41.4 Å². The van der Waals surface area contributed by atoms with Crippen molar-refractivity contribution >= 4 is 34.6 Å². The number of amides is 1. The Morgan fingerprint density at radius 1 is 1.16 bits per heavy atom. The lowest BCUT2D eigenvalue weighted by molar-refractivity contribution is -0.120. The average Bonchev–Trinajstić information content (AvgIpc) is 3.02. The Hall–Kier alpha value is -2.13. The number of fused-ring (bicyclic) bond motifs is 2. The van der Waals surface area contributed by atoms with Gasteiger partial charge in [0, 0.05) is 10.7 Å². The average molecular weight is 353 g/mol. The molecule has 2 aromatic rings. The van der Waals surface area contributed by atoms with Gasteiger partial charge in [-0.3, -0.25) is 9.79 Å². The van der Waals surface area contributed by atoms with E-state index in [-0.39, 0.29) is 11.8 Å². The third kappa shape index (κ3) is 2.98. The number of carbonyl (C=O) groups is 1. The maximum Gasteiger partial charge on any atom is 0.236 e. The highest BCUT2D eigenvalue weighted by atomic mass is 35.5. The maximum atomic E-state index is 13.3. The van der Waals surface area contributed by atoms with Gasteiger partial charge in [0.2, 0.25) is 5.91 Å². The molecule has 4 heteroatoms. The minimum absolute atomic E-state index is 0.0692. The van der Waals surface area contributed by atoms with Crippen LogP contribution < -0.4 is 4.90 Å². The monoisotopic (exact) mass is 352 g/mol. The number of rotatable bonds is 2. The second-order valence-corrected chi connectivity index (χ2v) is 7.46. The van der Waals surface area contributed by atoms with E-state index in [1.807, 2.05) is 29.2 Å². The van der Waals surface area contributed by atoms with Crippen LogP contribution in [0.5, 0.6) is 0 Å². The van der Waals surface area contributed by atoms with Crippen molar-refractivity contribution in [1.29, 1.82) is 0 Å². The van der Waals surface area contributed by atoms with Gasteiger partial charge in [0.15, 0.2) is 0 Å². The number of nitrogens with zero attached hydrogens (tertiary/aromatic N) is 2. The van der Waals surface area contributed by atoms with E-state index in [0.717, 1.165) is 41.9 Å². The predicted molar refractivity (Wildman–Crippen MR) is 103 cm³/mol. The van der Waals surface area contributed by atoms with Crippen LogP contribution in [0.1, 0.15) is 36.0 Å². The molecule has 25 heavy (non-hydrogen) atoms. The molecule has 128 valence electrons. The van der Waals surface area contributed by atoms with Gasteiger partial charge in [0.05, 0.1) is 23.8 Å². The molecule has 1 atom stereocenters. The topological polar surface area (TPSA) is 32.7 Å². The smallest absolute Gasteiger partial charge is 0.236 e. The molecule has 1 saturated carbocycles. The van der Waals surface area contributed by atoms with Crippen molar-refractivity contribution in [3.8, 4) is 0 Å². The van der Waals surface area contributed by atoms with Crippen molar-refractivity contribution in [2.75, 3.05) is 4.90 Å². The first-order valence-corrected chi connectivity index (χ1v) is 9.15. The third-order valence-electron chi connectivity index (χ3n) is 5.29. The number of benzene rings is 2. The number of carbonyl (C=O) groups excluding carboxylic acids is 1. The Bertz CT molecular complexity index is 870. The molecule has 4 rings (SSSR count). The molecule has 0 spiro atoms. The zero-order valence-corrected chi connectivity index (χ0v) is 15.3. The van der Waals surface area contributed by atoms with Gasteiger partial charge in [-0.2, -0.15) is 0 Å². The lowest BCUT2D eigenvalue weighted by Crippen LogP contribution is -2.36. The molecule has 0 aromatic heterocycles. The standard InChI is InChI=1S/C21H21ClN2O/c1-13-10-19-20(11-14(13)2)24(12-15-6-8-16(22)9-7-15)21(25)17-4-3-5-18(17)23-19/h6-11,17H,3-5,12H2,1-2H3. The number of hydrogen-bond acceptors (Lipinski definition) is 2. The first kappa shape index (κ1) is 16.3. The van der Waals surface area contributed by atoms with Gasteiger partial charge in [-0.05, 0) is 74.1 Å². The molecular weight excluding hydrogens is 332 g/mol. The van der Waals surface area contributed by atoms with Gasteiger partial charge >= 0.3 is 0 Å². The van der Waals surface area contributed by atoms with Crippen LogP contribution >= 0.6 is 11.6 Å². The van der Waals surface area contributed by atoms with Crippen LogP contribution in [0.4, 0.5) is 11.4 Å². The van der Waals surface area contributed by atoms with E-state index in [4.69, 9.17) is 16.6 Å². The van der Waals surface area contributed by atoms with Crippen molar-refractivity contribution in [3.05, 3.63) is 58.1 Å². The lowest BCUT2D eigenvalue weighted by atomic mass is 10.0. The van der Waals surface area contributed by atoms with E-state index in [9.17, 15) is 4.79 Å². The second kappa shape index (κ2) is 6.30. The number of aliphatic imine (C=N–C) groups is 1. The zero-order valence-electron chi connectivity index (χ0n) is 14.6. The Labute approximate surface area is 153 Å². The lowest BCUT2D eigenvalue weighted by Gasteiger charge is -2.25. The molecule has 0 saturated heterocycles. The van der Waals surface area contributed by atoms with Crippen molar-refractivity contribution in [2.24, 2.45) is 10.9 Å². The fourth-order valence-electron chi connectivity index (χ4n) is 3.72. The van der Waals surface area contributed by atoms with E-state index >= 15 is 0 Å². The Morgan fingerprint density at radius 3 is 2.64 bits per heavy atom. The number of hydrogen-bond donors (Lipinski definition) is 0. The largest absolute Gasteiger partial charge is 0.305 e. The summed E-state index contributed by atoms with van der Waals surface area (Å²) in [7, 11) is 0. The van der Waals surface area contributed by atoms with Gasteiger partial charge < -0.3 is 4.90 Å². The number of anilines is 1. The van der Waals surface area contributed by atoms with E-state index in [1.54, 1.807) is 0 Å². The van der Waals surface area contributed by atoms with Gasteiger partial charge in [-0.1, -0.05) is 23.7 Å². The van der Waals surface area contributed by atoms with Gasteiger partial charge in [0.25, 0.3) is 0 Å². The van der Waals surface area contributed by atoms with Crippen LogP contribution in [-0.4, -0.2) is 11.6 Å². The van der Waals surface area contributed by atoms with Gasteiger partial charge in [-0.25, -0.2) is 0 Å². The highest BCUT2D eigenvalue weighted by molar-refractivity contribution is 6.30. The predicted octanol–water partition coefficient (Wildman–Crippen LogP) is 5.38. The second-order valence-electron chi connectivity index (χ2n) is 7.02. The van der Waals surface area contributed by atoms with Crippen LogP contribution in [0.25, 0.3) is 0 Å². The summed E-state index contributed by atoms with van der Waals surface area (Å²) in [6.45, 7) is 4.72. The molecular formula is C21H21ClN2O. The fourth-order valence-corrected chi connectivity index (χ4v) is 3.84. The molecule has 1 aliphatic carbocycles. The van der Waals surface area contributed by atoms with Gasteiger partial charge in [-0.15, -0.1) is 0 Å².